The summed E-state index contributed by atoms with van der Waals surface area (Å²) in [7, 11) is 0. The molecule has 1 aromatic carbocycles. The van der Waals surface area contributed by atoms with Gasteiger partial charge in [-0.25, -0.2) is 4.98 Å². The fourth-order valence-electron chi connectivity index (χ4n) is 3.63. The van der Waals surface area contributed by atoms with E-state index in [0.29, 0.717) is 50.9 Å². The molecule has 0 radical (unpaired) electrons. The predicted molar refractivity (Wildman–Crippen MR) is 99.7 cm³/mol. The number of rotatable bonds is 3. The quantitative estimate of drug-likeness (QED) is 0.773. The third-order valence-electron chi connectivity index (χ3n) is 5.08. The predicted octanol–water partition coefficient (Wildman–Crippen LogP) is 1.94. The Labute approximate surface area is 157 Å². The minimum absolute atomic E-state index is 0.114. The first kappa shape index (κ1) is 17.7. The first-order chi connectivity index (χ1) is 13.2. The van der Waals surface area contributed by atoms with Gasteiger partial charge in [-0.2, -0.15) is 0 Å². The third-order valence-corrected chi connectivity index (χ3v) is 5.08. The lowest BCUT2D eigenvalue weighted by molar-refractivity contribution is -0.143. The van der Waals surface area contributed by atoms with Gasteiger partial charge in [0.05, 0.1) is 19.1 Å². The number of fused-ring (bicyclic) bond motifs is 1. The summed E-state index contributed by atoms with van der Waals surface area (Å²) >= 11 is 0. The lowest BCUT2D eigenvalue weighted by Gasteiger charge is -2.35. The van der Waals surface area contributed by atoms with Crippen molar-refractivity contribution in [3.05, 3.63) is 36.2 Å². The molecule has 0 saturated carbocycles. The molecular weight excluding hydrogens is 346 g/mol. The summed E-state index contributed by atoms with van der Waals surface area (Å²) in [5.41, 5.74) is 1.46. The van der Waals surface area contributed by atoms with Gasteiger partial charge in [-0.15, -0.1) is 0 Å². The molecule has 4 rings (SSSR count). The summed E-state index contributed by atoms with van der Waals surface area (Å²) in [5.74, 6) is 0.302. The molecule has 3 heterocycles. The van der Waals surface area contributed by atoms with Crippen molar-refractivity contribution in [2.45, 2.75) is 12.8 Å². The van der Waals surface area contributed by atoms with Crippen LogP contribution in [0.4, 0.5) is 0 Å². The van der Waals surface area contributed by atoms with Gasteiger partial charge in [-0.3, -0.25) is 9.59 Å². The maximum absolute atomic E-state index is 12.7. The maximum atomic E-state index is 12.7. The van der Waals surface area contributed by atoms with Crippen molar-refractivity contribution in [2.24, 2.45) is 5.92 Å². The molecule has 0 bridgehead atoms. The number of aromatic nitrogens is 1. The average molecular weight is 369 g/mol. The molecule has 2 aliphatic rings. The van der Waals surface area contributed by atoms with Crippen LogP contribution in [0.1, 0.15) is 18.7 Å². The molecule has 1 atom stereocenters. The minimum Gasteiger partial charge on any atom is -0.437 e. The summed E-state index contributed by atoms with van der Waals surface area (Å²) in [5, 5.41) is 0. The molecule has 2 saturated heterocycles. The van der Waals surface area contributed by atoms with Gasteiger partial charge in [0.25, 0.3) is 0 Å². The number of carbonyl (C=O) groups excluding carboxylic acids is 2. The Bertz CT molecular complexity index is 821. The lowest BCUT2D eigenvalue weighted by Crippen LogP contribution is -2.49. The van der Waals surface area contributed by atoms with Gasteiger partial charge in [0.15, 0.2) is 5.58 Å². The summed E-state index contributed by atoms with van der Waals surface area (Å²) in [4.78, 5) is 33.2. The first-order valence-electron chi connectivity index (χ1n) is 9.40. The topological polar surface area (TPSA) is 75.9 Å². The number of hydrogen-bond acceptors (Lipinski definition) is 5. The Morgan fingerprint density at radius 3 is 2.74 bits per heavy atom. The standard InChI is InChI=1S/C20H23N3O4/c24-19(8-7-18-21-16-5-1-2-6-17(16)27-18)23-9-3-4-15(14-23)20(25)22-10-12-26-13-11-22/h1-2,5-8,15H,3-4,9-14H2/b8-7+. The number of amides is 2. The van der Waals surface area contributed by atoms with E-state index in [1.54, 1.807) is 11.0 Å². The van der Waals surface area contributed by atoms with Gasteiger partial charge in [0, 0.05) is 38.3 Å². The van der Waals surface area contributed by atoms with E-state index in [-0.39, 0.29) is 17.7 Å². The highest BCUT2D eigenvalue weighted by Crippen LogP contribution is 2.20. The second-order valence-corrected chi connectivity index (χ2v) is 6.91. The van der Waals surface area contributed by atoms with E-state index in [4.69, 9.17) is 9.15 Å². The number of likely N-dealkylation sites (tertiary alicyclic amines) is 1. The molecule has 1 unspecified atom stereocenters. The van der Waals surface area contributed by atoms with E-state index >= 15 is 0 Å². The van der Waals surface area contributed by atoms with Crippen molar-refractivity contribution in [3.8, 4) is 0 Å². The van der Waals surface area contributed by atoms with E-state index in [1.165, 1.54) is 6.08 Å². The zero-order chi connectivity index (χ0) is 18.6. The van der Waals surface area contributed by atoms with Crippen LogP contribution in [-0.2, 0) is 14.3 Å². The van der Waals surface area contributed by atoms with Crippen LogP contribution >= 0.6 is 0 Å². The Balaban J connectivity index is 1.38. The van der Waals surface area contributed by atoms with Crippen LogP contribution in [0, 0.1) is 5.92 Å². The van der Waals surface area contributed by atoms with Crippen molar-refractivity contribution >= 4 is 29.0 Å². The van der Waals surface area contributed by atoms with E-state index in [2.05, 4.69) is 4.98 Å². The van der Waals surface area contributed by atoms with Crippen molar-refractivity contribution < 1.29 is 18.7 Å². The fourth-order valence-corrected chi connectivity index (χ4v) is 3.63. The molecular formula is C20H23N3O4. The molecule has 2 aliphatic heterocycles. The largest absolute Gasteiger partial charge is 0.437 e. The number of hydrogen-bond donors (Lipinski definition) is 0. The number of piperidine rings is 1. The number of ether oxygens (including phenoxy) is 1. The van der Waals surface area contributed by atoms with Gasteiger partial charge in [0.2, 0.25) is 17.7 Å². The highest BCUT2D eigenvalue weighted by molar-refractivity contribution is 5.92. The van der Waals surface area contributed by atoms with E-state index < -0.39 is 0 Å². The smallest absolute Gasteiger partial charge is 0.246 e. The van der Waals surface area contributed by atoms with Crippen LogP contribution in [0.25, 0.3) is 17.2 Å². The van der Waals surface area contributed by atoms with Crippen LogP contribution < -0.4 is 0 Å². The van der Waals surface area contributed by atoms with Crippen LogP contribution in [-0.4, -0.2) is 66.0 Å². The monoisotopic (exact) mass is 369 g/mol. The summed E-state index contributed by atoms with van der Waals surface area (Å²) < 4.78 is 10.9. The second kappa shape index (κ2) is 7.92. The number of para-hydroxylation sites is 2. The van der Waals surface area contributed by atoms with Crippen molar-refractivity contribution in [2.75, 3.05) is 39.4 Å². The molecule has 7 heteroatoms. The maximum Gasteiger partial charge on any atom is 0.246 e. The SMILES string of the molecule is O=C(/C=C/c1nc2ccccc2o1)N1CCCC(C(=O)N2CCOCC2)C1. The highest BCUT2D eigenvalue weighted by atomic mass is 16.5. The summed E-state index contributed by atoms with van der Waals surface area (Å²) in [6.45, 7) is 3.60. The Morgan fingerprint density at radius 1 is 1.11 bits per heavy atom. The minimum atomic E-state index is -0.126. The van der Waals surface area contributed by atoms with Crippen LogP contribution in [0.3, 0.4) is 0 Å². The molecule has 142 valence electrons. The van der Waals surface area contributed by atoms with Crippen molar-refractivity contribution in [3.63, 3.8) is 0 Å². The Morgan fingerprint density at radius 2 is 1.93 bits per heavy atom. The highest BCUT2D eigenvalue weighted by Gasteiger charge is 2.31. The number of oxazole rings is 1. The van der Waals surface area contributed by atoms with Crippen LogP contribution in [0.15, 0.2) is 34.8 Å². The number of carbonyl (C=O) groups is 2. The van der Waals surface area contributed by atoms with Crippen molar-refractivity contribution in [1.82, 2.24) is 14.8 Å². The van der Waals surface area contributed by atoms with Gasteiger partial charge in [-0.05, 0) is 25.0 Å². The van der Waals surface area contributed by atoms with Crippen LogP contribution in [0.5, 0.6) is 0 Å². The normalized spacial score (nSPS) is 21.1. The molecule has 0 aliphatic carbocycles. The van der Waals surface area contributed by atoms with Gasteiger partial charge in [0.1, 0.15) is 5.52 Å². The van der Waals surface area contributed by atoms with E-state index in [1.807, 2.05) is 29.2 Å². The Kier molecular flexibility index (Phi) is 5.20. The average Bonchev–Trinajstić information content (AvgIpc) is 3.15. The molecule has 0 spiro atoms. The second-order valence-electron chi connectivity index (χ2n) is 6.91. The molecule has 2 fully saturated rings. The lowest BCUT2D eigenvalue weighted by atomic mass is 9.96. The third kappa shape index (κ3) is 4.03. The zero-order valence-corrected chi connectivity index (χ0v) is 15.2. The van der Waals surface area contributed by atoms with Crippen LogP contribution in [0.2, 0.25) is 0 Å². The van der Waals surface area contributed by atoms with E-state index in [0.717, 1.165) is 18.4 Å². The van der Waals surface area contributed by atoms with E-state index in [9.17, 15) is 9.59 Å². The van der Waals surface area contributed by atoms with Crippen molar-refractivity contribution in [1.29, 1.82) is 0 Å². The van der Waals surface area contributed by atoms with Gasteiger partial charge < -0.3 is 19.0 Å². The fraction of sp³-hybridized carbons (Fsp3) is 0.450. The molecule has 7 nitrogen and oxygen atoms in total. The molecule has 0 N–H and O–H groups in total. The van der Waals surface area contributed by atoms with Gasteiger partial charge in [-0.1, -0.05) is 12.1 Å². The number of morpholine rings is 1. The molecule has 2 amide bonds. The molecule has 27 heavy (non-hydrogen) atoms. The number of nitrogens with zero attached hydrogens (tertiary/aromatic N) is 3. The first-order valence-corrected chi connectivity index (χ1v) is 9.40. The summed E-state index contributed by atoms with van der Waals surface area (Å²) in [6.07, 6.45) is 4.74. The number of benzene rings is 1. The van der Waals surface area contributed by atoms with Gasteiger partial charge >= 0.3 is 0 Å². The Hall–Kier alpha value is -2.67. The summed E-state index contributed by atoms with van der Waals surface area (Å²) in [6, 6.07) is 7.48. The zero-order valence-electron chi connectivity index (χ0n) is 15.2. The molecule has 1 aromatic heterocycles. The molecule has 2 aromatic rings.